The molecule has 128 valence electrons. The van der Waals surface area contributed by atoms with Gasteiger partial charge in [0, 0.05) is 11.6 Å². The highest BCUT2D eigenvalue weighted by atomic mass is 35.5. The smallest absolute Gasteiger partial charge is 0.119 e. The molecule has 2 aromatic rings. The first-order valence-corrected chi connectivity index (χ1v) is 9.32. The highest BCUT2D eigenvalue weighted by molar-refractivity contribution is 6.30. The van der Waals surface area contributed by atoms with Crippen LogP contribution in [0.1, 0.15) is 24.8 Å². The van der Waals surface area contributed by atoms with Gasteiger partial charge in [0.15, 0.2) is 0 Å². The first kappa shape index (κ1) is 17.3. The predicted octanol–water partition coefficient (Wildman–Crippen LogP) is 5.06. The second-order valence-electron chi connectivity index (χ2n) is 6.62. The molecule has 0 spiro atoms. The average molecular weight is 344 g/mol. The fraction of sp³-hybridized carbons (Fsp3) is 0.429. The van der Waals surface area contributed by atoms with E-state index >= 15 is 0 Å². The molecule has 24 heavy (non-hydrogen) atoms. The van der Waals surface area contributed by atoms with Gasteiger partial charge in [0.05, 0.1) is 6.61 Å². The molecule has 0 radical (unpaired) electrons. The third-order valence-corrected chi connectivity index (χ3v) is 5.09. The third-order valence-electron chi connectivity index (χ3n) is 4.85. The van der Waals surface area contributed by atoms with Crippen LogP contribution in [0, 0.1) is 5.92 Å². The molecule has 1 aliphatic heterocycles. The summed E-state index contributed by atoms with van der Waals surface area (Å²) in [7, 11) is 0. The summed E-state index contributed by atoms with van der Waals surface area (Å²) in [6.07, 6.45) is 4.82. The first-order valence-electron chi connectivity index (χ1n) is 8.94. The van der Waals surface area contributed by atoms with Crippen LogP contribution in [-0.4, -0.2) is 31.1 Å². The van der Waals surface area contributed by atoms with Crippen LogP contribution < -0.4 is 4.74 Å². The van der Waals surface area contributed by atoms with Gasteiger partial charge in [-0.2, -0.15) is 0 Å². The SMILES string of the molecule is Clc1cccc(CCN2CCC(CCOc3ccccc3)CC2)c1. The maximum absolute atomic E-state index is 6.05. The minimum absolute atomic E-state index is 0.802. The first-order chi connectivity index (χ1) is 11.8. The van der Waals surface area contributed by atoms with E-state index in [1.807, 2.05) is 42.5 Å². The Hall–Kier alpha value is -1.51. The van der Waals surface area contributed by atoms with Gasteiger partial charge in [0.1, 0.15) is 5.75 Å². The van der Waals surface area contributed by atoms with Crippen molar-refractivity contribution in [2.45, 2.75) is 25.7 Å². The quantitative estimate of drug-likeness (QED) is 0.696. The lowest BCUT2D eigenvalue weighted by atomic mass is 9.93. The van der Waals surface area contributed by atoms with E-state index in [4.69, 9.17) is 16.3 Å². The molecule has 0 aromatic heterocycles. The van der Waals surface area contributed by atoms with E-state index in [1.165, 1.54) is 31.5 Å². The van der Waals surface area contributed by atoms with Crippen molar-refractivity contribution in [3.63, 3.8) is 0 Å². The number of ether oxygens (including phenoxy) is 1. The van der Waals surface area contributed by atoms with Crippen molar-refractivity contribution >= 4 is 11.6 Å². The number of likely N-dealkylation sites (tertiary alicyclic amines) is 1. The molecule has 1 aliphatic rings. The lowest BCUT2D eigenvalue weighted by Crippen LogP contribution is -2.35. The van der Waals surface area contributed by atoms with Crippen molar-refractivity contribution in [1.82, 2.24) is 4.90 Å². The Morgan fingerprint density at radius 2 is 1.79 bits per heavy atom. The molecule has 3 heteroatoms. The van der Waals surface area contributed by atoms with E-state index in [2.05, 4.69) is 17.0 Å². The fourth-order valence-corrected chi connectivity index (χ4v) is 3.55. The van der Waals surface area contributed by atoms with Crippen LogP contribution in [0.3, 0.4) is 0 Å². The minimum Gasteiger partial charge on any atom is -0.494 e. The molecule has 2 nitrogen and oxygen atoms in total. The van der Waals surface area contributed by atoms with Crippen LogP contribution in [0.5, 0.6) is 5.75 Å². The van der Waals surface area contributed by atoms with Gasteiger partial charge in [0.25, 0.3) is 0 Å². The van der Waals surface area contributed by atoms with Crippen molar-refractivity contribution in [2.75, 3.05) is 26.2 Å². The summed E-state index contributed by atoms with van der Waals surface area (Å²) in [6.45, 7) is 4.37. The Kier molecular flexibility index (Phi) is 6.57. The van der Waals surface area contributed by atoms with Gasteiger partial charge in [-0.05, 0) is 74.5 Å². The van der Waals surface area contributed by atoms with E-state index in [0.29, 0.717) is 0 Å². The van der Waals surface area contributed by atoms with Crippen LogP contribution >= 0.6 is 11.6 Å². The van der Waals surface area contributed by atoms with Gasteiger partial charge in [-0.1, -0.05) is 41.9 Å². The van der Waals surface area contributed by atoms with Gasteiger partial charge in [-0.25, -0.2) is 0 Å². The molecule has 0 N–H and O–H groups in total. The van der Waals surface area contributed by atoms with Gasteiger partial charge in [-0.15, -0.1) is 0 Å². The highest BCUT2D eigenvalue weighted by Crippen LogP contribution is 2.21. The second-order valence-corrected chi connectivity index (χ2v) is 7.05. The Balaban J connectivity index is 1.32. The molecule has 1 saturated heterocycles. The maximum atomic E-state index is 6.05. The summed E-state index contributed by atoms with van der Waals surface area (Å²) in [5, 5.41) is 0.838. The molecule has 0 bridgehead atoms. The molecule has 0 unspecified atom stereocenters. The fourth-order valence-electron chi connectivity index (χ4n) is 3.34. The summed E-state index contributed by atoms with van der Waals surface area (Å²) >= 11 is 6.05. The number of nitrogens with zero attached hydrogens (tertiary/aromatic N) is 1. The van der Waals surface area contributed by atoms with Crippen molar-refractivity contribution in [2.24, 2.45) is 5.92 Å². The van der Waals surface area contributed by atoms with Crippen LogP contribution in [-0.2, 0) is 6.42 Å². The molecule has 0 saturated carbocycles. The van der Waals surface area contributed by atoms with Crippen LogP contribution in [0.25, 0.3) is 0 Å². The molecule has 1 heterocycles. The zero-order valence-electron chi connectivity index (χ0n) is 14.2. The average Bonchev–Trinajstić information content (AvgIpc) is 2.62. The molecule has 3 rings (SSSR count). The Bertz CT molecular complexity index is 608. The maximum Gasteiger partial charge on any atom is 0.119 e. The van der Waals surface area contributed by atoms with Crippen molar-refractivity contribution < 1.29 is 4.74 Å². The summed E-state index contributed by atoms with van der Waals surface area (Å²) in [5.74, 6) is 1.78. The monoisotopic (exact) mass is 343 g/mol. The standard InChI is InChI=1S/C21H26ClNO/c22-20-6-4-5-19(17-20)11-15-23-13-9-18(10-14-23)12-16-24-21-7-2-1-3-8-21/h1-8,17-18H,9-16H2. The van der Waals surface area contributed by atoms with E-state index in [9.17, 15) is 0 Å². The predicted molar refractivity (Wildman–Crippen MR) is 101 cm³/mol. The molecule has 0 amide bonds. The Morgan fingerprint density at radius 3 is 2.54 bits per heavy atom. The van der Waals surface area contributed by atoms with Crippen molar-refractivity contribution in [1.29, 1.82) is 0 Å². The van der Waals surface area contributed by atoms with E-state index < -0.39 is 0 Å². The summed E-state index contributed by atoms with van der Waals surface area (Å²) in [5.41, 5.74) is 1.33. The number of halogens is 1. The number of hydrogen-bond donors (Lipinski definition) is 0. The van der Waals surface area contributed by atoms with Gasteiger partial charge < -0.3 is 9.64 Å². The molecular weight excluding hydrogens is 318 g/mol. The number of hydrogen-bond acceptors (Lipinski definition) is 2. The molecule has 2 aromatic carbocycles. The van der Waals surface area contributed by atoms with Crippen molar-refractivity contribution in [3.8, 4) is 5.75 Å². The third kappa shape index (κ3) is 5.54. The van der Waals surface area contributed by atoms with Crippen LogP contribution in [0.15, 0.2) is 54.6 Å². The minimum atomic E-state index is 0.802. The molecule has 1 fully saturated rings. The number of para-hydroxylation sites is 1. The lowest BCUT2D eigenvalue weighted by molar-refractivity contribution is 0.164. The second kappa shape index (κ2) is 9.10. The van der Waals surface area contributed by atoms with Crippen LogP contribution in [0.4, 0.5) is 0 Å². The van der Waals surface area contributed by atoms with E-state index in [1.54, 1.807) is 0 Å². The van der Waals surface area contributed by atoms with Gasteiger partial charge >= 0.3 is 0 Å². The molecule has 0 aliphatic carbocycles. The number of piperidine rings is 1. The van der Waals surface area contributed by atoms with Gasteiger partial charge in [0.2, 0.25) is 0 Å². The van der Waals surface area contributed by atoms with Crippen LogP contribution in [0.2, 0.25) is 5.02 Å². The zero-order valence-corrected chi connectivity index (χ0v) is 14.9. The zero-order chi connectivity index (χ0) is 16.6. The van der Waals surface area contributed by atoms with Crippen molar-refractivity contribution in [3.05, 3.63) is 65.2 Å². The summed E-state index contributed by atoms with van der Waals surface area (Å²) in [6, 6.07) is 18.3. The Morgan fingerprint density at radius 1 is 1.00 bits per heavy atom. The topological polar surface area (TPSA) is 12.5 Å². The molecule has 0 atom stereocenters. The lowest BCUT2D eigenvalue weighted by Gasteiger charge is -2.32. The van der Waals surface area contributed by atoms with E-state index in [0.717, 1.165) is 42.7 Å². The number of benzene rings is 2. The normalized spacial score (nSPS) is 16.2. The Labute approximate surface area is 150 Å². The highest BCUT2D eigenvalue weighted by Gasteiger charge is 2.18. The number of rotatable bonds is 7. The summed E-state index contributed by atoms with van der Waals surface area (Å²) in [4.78, 5) is 2.58. The van der Waals surface area contributed by atoms with E-state index in [-0.39, 0.29) is 0 Å². The molecular formula is C21H26ClNO. The van der Waals surface area contributed by atoms with Gasteiger partial charge in [-0.3, -0.25) is 0 Å². The summed E-state index contributed by atoms with van der Waals surface area (Å²) < 4.78 is 5.83. The largest absolute Gasteiger partial charge is 0.494 e.